The van der Waals surface area contributed by atoms with Gasteiger partial charge in [-0.05, 0) is 0 Å². The van der Waals surface area contributed by atoms with E-state index in [9.17, 15) is 4.79 Å². The molecule has 7 heteroatoms. The van der Waals surface area contributed by atoms with Gasteiger partial charge in [-0.3, -0.25) is 4.79 Å². The smallest absolute Gasteiger partial charge is 0.194 e. The van der Waals surface area contributed by atoms with Gasteiger partial charge in [0.05, 0.1) is 13.2 Å². The third-order valence-corrected chi connectivity index (χ3v) is 1.70. The van der Waals surface area contributed by atoms with E-state index in [1.165, 1.54) is 0 Å². The van der Waals surface area contributed by atoms with Gasteiger partial charge in [0.2, 0.25) is 0 Å². The van der Waals surface area contributed by atoms with E-state index in [1.54, 1.807) is 0 Å². The van der Waals surface area contributed by atoms with E-state index in [2.05, 4.69) is 0 Å². The van der Waals surface area contributed by atoms with Crippen molar-refractivity contribution in [2.75, 3.05) is 13.2 Å². The van der Waals surface area contributed by atoms with Gasteiger partial charge in [0.15, 0.2) is 5.78 Å². The van der Waals surface area contributed by atoms with Crippen molar-refractivity contribution in [2.45, 2.75) is 24.4 Å². The Morgan fingerprint density at radius 1 is 1.00 bits per heavy atom. The predicted molar refractivity (Wildman–Crippen MR) is 43.2 cm³/mol. The van der Waals surface area contributed by atoms with Crippen molar-refractivity contribution in [3.63, 3.8) is 0 Å². The van der Waals surface area contributed by atoms with Crippen LogP contribution in [0.25, 0.3) is 0 Å². The minimum Gasteiger partial charge on any atom is -0.394 e. The monoisotopic (exact) mass is 210 g/mol. The van der Waals surface area contributed by atoms with E-state index in [-0.39, 0.29) is 0 Å². The number of carbonyl (C=O) groups is 1. The lowest BCUT2D eigenvalue weighted by Gasteiger charge is -2.21. The molecule has 14 heavy (non-hydrogen) atoms. The second-order valence-electron chi connectivity index (χ2n) is 2.79. The normalized spacial score (nSPS) is 19.9. The molecule has 0 aliphatic carbocycles. The summed E-state index contributed by atoms with van der Waals surface area (Å²) in [7, 11) is 0. The molecular formula is C7H14O7. The highest BCUT2D eigenvalue weighted by molar-refractivity contribution is 5.87. The molecule has 0 aromatic heterocycles. The maximum atomic E-state index is 10.9. The maximum Gasteiger partial charge on any atom is 0.194 e. The van der Waals surface area contributed by atoms with E-state index in [0.717, 1.165) is 0 Å². The first-order valence-electron chi connectivity index (χ1n) is 3.93. The number of rotatable bonds is 6. The fourth-order valence-corrected chi connectivity index (χ4v) is 0.774. The van der Waals surface area contributed by atoms with Crippen LogP contribution in [0.3, 0.4) is 0 Å². The third kappa shape index (κ3) is 3.29. The average molecular weight is 210 g/mol. The molecule has 0 heterocycles. The summed E-state index contributed by atoms with van der Waals surface area (Å²) in [6.07, 6.45) is -7.43. The Hall–Kier alpha value is -0.570. The van der Waals surface area contributed by atoms with Crippen molar-refractivity contribution in [3.05, 3.63) is 0 Å². The van der Waals surface area contributed by atoms with Crippen molar-refractivity contribution < 1.29 is 35.4 Å². The molecule has 0 radical (unpaired) electrons. The first kappa shape index (κ1) is 13.4. The number of hydrogen-bond donors (Lipinski definition) is 6. The van der Waals surface area contributed by atoms with Gasteiger partial charge >= 0.3 is 0 Å². The average Bonchev–Trinajstić information content (AvgIpc) is 2.23. The SMILES string of the molecule is O=C(C(O)CO)C(O)[C@H](O)[C@H](O)CO. The Balaban J connectivity index is 4.30. The zero-order chi connectivity index (χ0) is 11.3. The number of aliphatic hydroxyl groups is 6. The van der Waals surface area contributed by atoms with E-state index >= 15 is 0 Å². The van der Waals surface area contributed by atoms with Gasteiger partial charge < -0.3 is 30.6 Å². The van der Waals surface area contributed by atoms with E-state index in [4.69, 9.17) is 30.6 Å². The molecule has 0 aliphatic rings. The van der Waals surface area contributed by atoms with Crippen molar-refractivity contribution in [1.82, 2.24) is 0 Å². The van der Waals surface area contributed by atoms with Crippen molar-refractivity contribution in [1.29, 1.82) is 0 Å². The van der Waals surface area contributed by atoms with Crippen LogP contribution in [0.1, 0.15) is 0 Å². The molecular weight excluding hydrogens is 196 g/mol. The van der Waals surface area contributed by atoms with Gasteiger partial charge in [0.25, 0.3) is 0 Å². The summed E-state index contributed by atoms with van der Waals surface area (Å²) in [6, 6.07) is 0. The fraction of sp³-hybridized carbons (Fsp3) is 0.857. The van der Waals surface area contributed by atoms with Crippen LogP contribution in [0.4, 0.5) is 0 Å². The first-order valence-corrected chi connectivity index (χ1v) is 3.93. The van der Waals surface area contributed by atoms with Gasteiger partial charge in [0.1, 0.15) is 24.4 Å². The minimum absolute atomic E-state index is 0.833. The molecule has 0 amide bonds. The third-order valence-electron chi connectivity index (χ3n) is 1.70. The zero-order valence-corrected chi connectivity index (χ0v) is 7.32. The van der Waals surface area contributed by atoms with Crippen LogP contribution in [-0.4, -0.2) is 74.1 Å². The second kappa shape index (κ2) is 6.02. The van der Waals surface area contributed by atoms with Crippen LogP contribution in [0.15, 0.2) is 0 Å². The molecule has 0 rings (SSSR count). The van der Waals surface area contributed by atoms with Crippen molar-refractivity contribution in [3.8, 4) is 0 Å². The van der Waals surface area contributed by atoms with E-state index in [1.807, 2.05) is 0 Å². The minimum atomic E-state index is -2.04. The van der Waals surface area contributed by atoms with Gasteiger partial charge in [-0.15, -0.1) is 0 Å². The van der Waals surface area contributed by atoms with Gasteiger partial charge in [0, 0.05) is 0 Å². The summed E-state index contributed by atoms with van der Waals surface area (Å²) < 4.78 is 0. The molecule has 0 saturated carbocycles. The molecule has 0 aliphatic heterocycles. The standard InChI is InChI=1S/C7H14O7/c8-1-3(10)5(12)7(14)6(13)4(11)2-9/h3-5,7-12,14H,1-2H2/t3-,4?,5-,7?/m1/s1. The molecule has 0 fully saturated rings. The molecule has 0 saturated heterocycles. The summed E-state index contributed by atoms with van der Waals surface area (Å²) in [5.74, 6) is -1.22. The number of ketones is 1. The maximum absolute atomic E-state index is 10.9. The topological polar surface area (TPSA) is 138 Å². The van der Waals surface area contributed by atoms with Gasteiger partial charge in [-0.2, -0.15) is 0 Å². The van der Waals surface area contributed by atoms with Gasteiger partial charge in [-0.25, -0.2) is 0 Å². The summed E-state index contributed by atoms with van der Waals surface area (Å²) in [5, 5.41) is 52.4. The highest BCUT2D eigenvalue weighted by Gasteiger charge is 2.33. The molecule has 6 N–H and O–H groups in total. The van der Waals surface area contributed by atoms with Crippen molar-refractivity contribution in [2.24, 2.45) is 0 Å². The Bertz CT molecular complexity index is 183. The van der Waals surface area contributed by atoms with Gasteiger partial charge in [-0.1, -0.05) is 0 Å². The lowest BCUT2D eigenvalue weighted by atomic mass is 10.0. The van der Waals surface area contributed by atoms with E-state index < -0.39 is 43.4 Å². The largest absolute Gasteiger partial charge is 0.394 e. The molecule has 84 valence electrons. The quantitative estimate of drug-likeness (QED) is 0.262. The number of aliphatic hydroxyl groups excluding tert-OH is 6. The predicted octanol–water partition coefficient (Wildman–Crippen LogP) is -4.02. The lowest BCUT2D eigenvalue weighted by Crippen LogP contribution is -2.48. The fourth-order valence-electron chi connectivity index (χ4n) is 0.774. The van der Waals surface area contributed by atoms with Crippen LogP contribution in [-0.2, 0) is 4.79 Å². The summed E-state index contributed by atoms with van der Waals surface area (Å²) in [4.78, 5) is 10.9. The summed E-state index contributed by atoms with van der Waals surface area (Å²) in [5.41, 5.74) is 0. The Morgan fingerprint density at radius 2 is 1.50 bits per heavy atom. The van der Waals surface area contributed by atoms with Crippen LogP contribution >= 0.6 is 0 Å². The van der Waals surface area contributed by atoms with E-state index in [0.29, 0.717) is 0 Å². The Kier molecular flexibility index (Phi) is 5.77. The highest BCUT2D eigenvalue weighted by Crippen LogP contribution is 2.03. The first-order chi connectivity index (χ1) is 6.45. The van der Waals surface area contributed by atoms with Crippen LogP contribution in [0, 0.1) is 0 Å². The lowest BCUT2D eigenvalue weighted by molar-refractivity contribution is -0.150. The number of carbonyl (C=O) groups excluding carboxylic acids is 1. The number of Topliss-reactive ketones (excluding diaryl/α,β-unsaturated/α-hetero) is 1. The number of hydrogen-bond acceptors (Lipinski definition) is 7. The molecule has 0 spiro atoms. The highest BCUT2D eigenvalue weighted by atomic mass is 16.4. The van der Waals surface area contributed by atoms with Crippen LogP contribution in [0.5, 0.6) is 0 Å². The molecule has 4 atom stereocenters. The Morgan fingerprint density at radius 3 is 1.86 bits per heavy atom. The molecule has 2 unspecified atom stereocenters. The molecule has 0 bridgehead atoms. The summed E-state index contributed by atoms with van der Waals surface area (Å²) >= 11 is 0. The molecule has 0 aromatic rings. The van der Waals surface area contributed by atoms with Crippen molar-refractivity contribution >= 4 is 5.78 Å². The Labute approximate surface area is 79.9 Å². The molecule has 7 nitrogen and oxygen atoms in total. The zero-order valence-electron chi connectivity index (χ0n) is 7.32. The second-order valence-corrected chi connectivity index (χ2v) is 2.79. The summed E-state index contributed by atoms with van der Waals surface area (Å²) in [6.45, 7) is -1.72. The van der Waals surface area contributed by atoms with Crippen LogP contribution < -0.4 is 0 Å². The van der Waals surface area contributed by atoms with Crippen LogP contribution in [0.2, 0.25) is 0 Å². The molecule has 0 aromatic carbocycles.